The Hall–Kier alpha value is -1.01. The molecule has 1 rings (SSSR count). The van der Waals surface area contributed by atoms with Crippen LogP contribution in [0.25, 0.3) is 0 Å². The van der Waals surface area contributed by atoms with Crippen LogP contribution in [-0.4, -0.2) is 5.97 Å². The molecule has 0 aliphatic carbocycles. The van der Waals surface area contributed by atoms with E-state index in [0.717, 1.165) is 5.30 Å². The first kappa shape index (κ1) is 10.1. The molecule has 1 aromatic carbocycles. The second-order valence-electron chi connectivity index (χ2n) is 2.79. The summed E-state index contributed by atoms with van der Waals surface area (Å²) in [4.78, 5) is 11.0. The number of carbonyl (C=O) groups excluding carboxylic acids is 1. The Morgan fingerprint density at radius 2 is 2.08 bits per heavy atom. The first-order chi connectivity index (χ1) is 6.20. The quantitative estimate of drug-likeness (QED) is 0.544. The van der Waals surface area contributed by atoms with Crippen LogP contribution in [0.2, 0.25) is 0 Å². The number of rotatable bonds is 3. The second kappa shape index (κ2) is 4.88. The minimum atomic E-state index is -0.295. The van der Waals surface area contributed by atoms with Crippen LogP contribution in [0.4, 0.5) is 0 Å². The Labute approximate surface area is 80.2 Å². The maximum atomic E-state index is 11.0. The zero-order chi connectivity index (χ0) is 9.68. The lowest BCUT2D eigenvalue weighted by Gasteiger charge is -2.02. The van der Waals surface area contributed by atoms with E-state index < -0.39 is 0 Å². The molecule has 1 aromatic rings. The molecule has 0 heterocycles. The minimum Gasteiger partial charge on any atom is -0.440 e. The van der Waals surface area contributed by atoms with Gasteiger partial charge in [-0.1, -0.05) is 30.3 Å². The molecule has 0 aliphatic rings. The number of hydrogen-bond donors (Lipinski definition) is 0. The maximum absolute atomic E-state index is 11.0. The molecule has 0 saturated heterocycles. The zero-order valence-electron chi connectivity index (χ0n) is 7.49. The van der Waals surface area contributed by atoms with Crippen LogP contribution in [0.5, 0.6) is 0 Å². The summed E-state index contributed by atoms with van der Waals surface area (Å²) in [6.45, 7) is 5.30. The summed E-state index contributed by atoms with van der Waals surface area (Å²) in [5.41, 5.74) is 0. The van der Waals surface area contributed by atoms with E-state index in [2.05, 4.69) is 6.92 Å². The van der Waals surface area contributed by atoms with Crippen LogP contribution in [0.3, 0.4) is 0 Å². The molecule has 0 fully saturated rings. The second-order valence-corrected chi connectivity index (χ2v) is 3.78. The van der Waals surface area contributed by atoms with Gasteiger partial charge in [-0.25, -0.2) is 4.79 Å². The van der Waals surface area contributed by atoms with E-state index in [1.807, 2.05) is 30.3 Å². The molecular formula is C10H12O2P+. The molecule has 0 N–H and O–H groups in total. The lowest BCUT2D eigenvalue weighted by atomic mass is 10.2. The van der Waals surface area contributed by atoms with Gasteiger partial charge in [0.15, 0.2) is 5.92 Å². The van der Waals surface area contributed by atoms with Gasteiger partial charge >= 0.3 is 5.97 Å². The molecule has 2 atom stereocenters. The van der Waals surface area contributed by atoms with Gasteiger partial charge in [0, 0.05) is 5.30 Å². The Morgan fingerprint density at radius 3 is 2.62 bits per heavy atom. The van der Waals surface area contributed by atoms with E-state index in [9.17, 15) is 4.79 Å². The fraction of sp³-hybridized carbons (Fsp3) is 0.200. The van der Waals surface area contributed by atoms with Crippen molar-refractivity contribution >= 4 is 20.1 Å². The fourth-order valence-electron chi connectivity index (χ4n) is 0.716. The summed E-state index contributed by atoms with van der Waals surface area (Å²) >= 11 is 0. The van der Waals surface area contributed by atoms with Gasteiger partial charge in [0.1, 0.15) is 8.81 Å². The summed E-state index contributed by atoms with van der Waals surface area (Å²) in [5.74, 6) is -0.543. The van der Waals surface area contributed by atoms with E-state index in [4.69, 9.17) is 4.52 Å². The van der Waals surface area contributed by atoms with Crippen molar-refractivity contribution < 1.29 is 9.32 Å². The Balaban J connectivity index is 2.40. The molecule has 68 valence electrons. The van der Waals surface area contributed by atoms with Crippen molar-refractivity contribution in [1.82, 2.24) is 0 Å². The largest absolute Gasteiger partial charge is 0.440 e. The molecule has 3 heteroatoms. The summed E-state index contributed by atoms with van der Waals surface area (Å²) < 4.78 is 5.02. The minimum absolute atomic E-state index is 0.0881. The van der Waals surface area contributed by atoms with Gasteiger partial charge in [0.2, 0.25) is 0 Å². The van der Waals surface area contributed by atoms with Crippen molar-refractivity contribution in [2.24, 2.45) is 5.92 Å². The van der Waals surface area contributed by atoms with Crippen LogP contribution < -0.4 is 5.30 Å². The highest BCUT2D eigenvalue weighted by Crippen LogP contribution is 2.14. The normalized spacial score (nSPS) is 13.0. The molecule has 0 bridgehead atoms. The smallest absolute Gasteiger partial charge is 0.356 e. The van der Waals surface area contributed by atoms with Crippen LogP contribution in [0.15, 0.2) is 30.3 Å². The highest BCUT2D eigenvalue weighted by atomic mass is 31.1. The Bertz CT molecular complexity index is 270. The standard InChI is InChI=1S/C10H12O2P/c1-8(2)10(11)12-13-9-6-4-3-5-7-9/h3-8,13H,1H2,2H3/q+1. The molecule has 0 saturated carbocycles. The molecule has 0 amide bonds. The maximum Gasteiger partial charge on any atom is 0.356 e. The predicted molar refractivity (Wildman–Crippen MR) is 55.0 cm³/mol. The van der Waals surface area contributed by atoms with Crippen molar-refractivity contribution in [2.45, 2.75) is 6.92 Å². The highest BCUT2D eigenvalue weighted by molar-refractivity contribution is 7.42. The molecular weight excluding hydrogens is 183 g/mol. The van der Waals surface area contributed by atoms with E-state index in [1.54, 1.807) is 6.92 Å². The van der Waals surface area contributed by atoms with Gasteiger partial charge in [0.25, 0.3) is 0 Å². The highest BCUT2D eigenvalue weighted by Gasteiger charge is 2.14. The van der Waals surface area contributed by atoms with Crippen molar-refractivity contribution in [3.63, 3.8) is 0 Å². The number of carbonyl (C=O) groups is 1. The van der Waals surface area contributed by atoms with Crippen molar-refractivity contribution in [2.75, 3.05) is 0 Å². The molecule has 0 aromatic heterocycles. The average Bonchev–Trinajstić information content (AvgIpc) is 2.15. The first-order valence-corrected chi connectivity index (χ1v) is 4.96. The van der Waals surface area contributed by atoms with Gasteiger partial charge in [-0.05, 0) is 6.92 Å². The van der Waals surface area contributed by atoms with Crippen LogP contribution in [0, 0.1) is 12.8 Å². The molecule has 13 heavy (non-hydrogen) atoms. The molecule has 2 nitrogen and oxygen atoms in total. The SMILES string of the molecule is [CH2+]C(C)C(=O)OPc1ccccc1. The summed E-state index contributed by atoms with van der Waals surface area (Å²) in [6.07, 6.45) is 0. The number of benzene rings is 1. The van der Waals surface area contributed by atoms with Crippen molar-refractivity contribution in [1.29, 1.82) is 0 Å². The van der Waals surface area contributed by atoms with E-state index in [1.165, 1.54) is 0 Å². The average molecular weight is 195 g/mol. The van der Waals surface area contributed by atoms with E-state index >= 15 is 0 Å². The van der Waals surface area contributed by atoms with E-state index in [-0.39, 0.29) is 20.7 Å². The predicted octanol–water partition coefficient (Wildman–Crippen LogP) is 1.92. The molecule has 0 aliphatic heterocycles. The Morgan fingerprint density at radius 1 is 1.46 bits per heavy atom. The van der Waals surface area contributed by atoms with Crippen molar-refractivity contribution in [3.05, 3.63) is 37.3 Å². The van der Waals surface area contributed by atoms with Crippen molar-refractivity contribution in [3.8, 4) is 0 Å². The first-order valence-electron chi connectivity index (χ1n) is 4.05. The van der Waals surface area contributed by atoms with Gasteiger partial charge in [0.05, 0.1) is 6.92 Å². The van der Waals surface area contributed by atoms with Crippen LogP contribution >= 0.6 is 8.81 Å². The molecule has 2 unspecified atom stereocenters. The molecule has 0 spiro atoms. The Kier molecular flexibility index (Phi) is 3.78. The third-order valence-electron chi connectivity index (χ3n) is 1.45. The zero-order valence-corrected chi connectivity index (χ0v) is 8.49. The monoisotopic (exact) mass is 195 g/mol. The number of hydrogen-bond acceptors (Lipinski definition) is 2. The lowest BCUT2D eigenvalue weighted by Crippen LogP contribution is -2.08. The van der Waals surface area contributed by atoms with Gasteiger partial charge < -0.3 is 4.52 Å². The summed E-state index contributed by atoms with van der Waals surface area (Å²) in [7, 11) is 0.0881. The third-order valence-corrected chi connectivity index (χ3v) is 2.32. The van der Waals surface area contributed by atoms with Crippen LogP contribution in [0.1, 0.15) is 6.92 Å². The molecule has 0 radical (unpaired) electrons. The van der Waals surface area contributed by atoms with Gasteiger partial charge in [-0.15, -0.1) is 0 Å². The third kappa shape index (κ3) is 3.47. The topological polar surface area (TPSA) is 26.3 Å². The van der Waals surface area contributed by atoms with Gasteiger partial charge in [-0.2, -0.15) is 0 Å². The summed E-state index contributed by atoms with van der Waals surface area (Å²) in [6, 6.07) is 9.63. The fourth-order valence-corrected chi connectivity index (χ4v) is 1.46. The van der Waals surface area contributed by atoms with Crippen LogP contribution in [-0.2, 0) is 9.32 Å². The van der Waals surface area contributed by atoms with Gasteiger partial charge in [-0.3, -0.25) is 0 Å². The van der Waals surface area contributed by atoms with E-state index in [0.29, 0.717) is 0 Å². The lowest BCUT2D eigenvalue weighted by molar-refractivity contribution is -0.135. The summed E-state index contributed by atoms with van der Waals surface area (Å²) in [5, 5.41) is 1.02.